The van der Waals surface area contributed by atoms with Crippen LogP contribution in [0.3, 0.4) is 0 Å². The van der Waals surface area contributed by atoms with Crippen molar-refractivity contribution in [3.63, 3.8) is 0 Å². The minimum atomic E-state index is -3.46. The summed E-state index contributed by atoms with van der Waals surface area (Å²) < 4.78 is 33.6. The fourth-order valence-electron chi connectivity index (χ4n) is 2.17. The smallest absolute Gasteiger partial charge is 0.279 e. The summed E-state index contributed by atoms with van der Waals surface area (Å²) in [4.78, 5) is 0. The van der Waals surface area contributed by atoms with Gasteiger partial charge in [-0.25, -0.2) is 0 Å². The zero-order valence-corrected chi connectivity index (χ0v) is 12.6. The average Bonchev–Trinajstić information content (AvgIpc) is 2.91. The zero-order chi connectivity index (χ0) is 14.6. The van der Waals surface area contributed by atoms with Gasteiger partial charge in [-0.05, 0) is 30.7 Å². The van der Waals surface area contributed by atoms with Gasteiger partial charge in [-0.2, -0.15) is 17.4 Å². The number of methoxy groups -OCH3 is 1. The van der Waals surface area contributed by atoms with Crippen molar-refractivity contribution >= 4 is 10.2 Å². The van der Waals surface area contributed by atoms with Gasteiger partial charge in [0.15, 0.2) is 0 Å². The van der Waals surface area contributed by atoms with E-state index in [9.17, 15) is 8.42 Å². The highest BCUT2D eigenvalue weighted by atomic mass is 32.2. The lowest BCUT2D eigenvalue weighted by atomic mass is 10.2. The zero-order valence-electron chi connectivity index (χ0n) is 11.8. The fraction of sp³-hybridized carbons (Fsp3) is 0.538. The second kappa shape index (κ2) is 6.53. The number of ether oxygens (including phenoxy) is 1. The predicted molar refractivity (Wildman–Crippen MR) is 77.8 cm³/mol. The lowest BCUT2D eigenvalue weighted by Gasteiger charge is -2.20. The van der Waals surface area contributed by atoms with E-state index in [1.165, 1.54) is 4.31 Å². The Balaban J connectivity index is 2.00. The molecule has 6 nitrogen and oxygen atoms in total. The second-order valence-electron chi connectivity index (χ2n) is 4.92. The first-order valence-corrected chi connectivity index (χ1v) is 8.02. The molecule has 1 atom stereocenters. The maximum atomic E-state index is 12.2. The SMILES string of the molecule is COc1cccc(CN(C)S(=O)(=O)N[C@H]2CCNC2)c1. The summed E-state index contributed by atoms with van der Waals surface area (Å²) in [6.07, 6.45) is 0.826. The van der Waals surface area contributed by atoms with Gasteiger partial charge in [0.05, 0.1) is 7.11 Å². The lowest BCUT2D eigenvalue weighted by molar-refractivity contribution is 0.411. The van der Waals surface area contributed by atoms with Crippen LogP contribution in [0, 0.1) is 0 Å². The molecule has 0 radical (unpaired) electrons. The summed E-state index contributed by atoms with van der Waals surface area (Å²) in [5.41, 5.74) is 0.891. The number of nitrogens with zero attached hydrogens (tertiary/aromatic N) is 1. The van der Waals surface area contributed by atoms with E-state index in [1.807, 2.05) is 24.3 Å². The van der Waals surface area contributed by atoms with Crippen LogP contribution in [0.2, 0.25) is 0 Å². The van der Waals surface area contributed by atoms with Crippen LogP contribution in [0.4, 0.5) is 0 Å². The Bertz CT molecular complexity index is 542. The molecule has 0 aromatic heterocycles. The van der Waals surface area contributed by atoms with Gasteiger partial charge < -0.3 is 10.1 Å². The Morgan fingerprint density at radius 2 is 2.30 bits per heavy atom. The van der Waals surface area contributed by atoms with Crippen molar-refractivity contribution in [1.82, 2.24) is 14.3 Å². The van der Waals surface area contributed by atoms with Crippen LogP contribution in [0.5, 0.6) is 5.75 Å². The minimum absolute atomic E-state index is 0.0206. The van der Waals surface area contributed by atoms with Gasteiger partial charge in [0, 0.05) is 26.2 Å². The van der Waals surface area contributed by atoms with Crippen LogP contribution >= 0.6 is 0 Å². The predicted octanol–water partition coefficient (Wildman–Crippen LogP) is 0.323. The third-order valence-corrected chi connectivity index (χ3v) is 4.91. The third-order valence-electron chi connectivity index (χ3n) is 3.33. The Kier molecular flexibility index (Phi) is 4.98. The summed E-state index contributed by atoms with van der Waals surface area (Å²) in [7, 11) is -0.294. The van der Waals surface area contributed by atoms with Gasteiger partial charge in [-0.3, -0.25) is 0 Å². The van der Waals surface area contributed by atoms with Crippen molar-refractivity contribution in [2.24, 2.45) is 0 Å². The van der Waals surface area contributed by atoms with Gasteiger partial charge in [0.1, 0.15) is 5.75 Å². The van der Waals surface area contributed by atoms with E-state index >= 15 is 0 Å². The van der Waals surface area contributed by atoms with Crippen LogP contribution in [0.15, 0.2) is 24.3 Å². The Morgan fingerprint density at radius 3 is 2.95 bits per heavy atom. The van der Waals surface area contributed by atoms with Crippen molar-refractivity contribution in [3.05, 3.63) is 29.8 Å². The van der Waals surface area contributed by atoms with E-state index in [0.717, 1.165) is 24.3 Å². The van der Waals surface area contributed by atoms with Gasteiger partial charge in [-0.15, -0.1) is 0 Å². The van der Waals surface area contributed by atoms with Crippen LogP contribution in [0.1, 0.15) is 12.0 Å². The van der Waals surface area contributed by atoms with Crippen molar-refractivity contribution in [2.45, 2.75) is 19.0 Å². The number of hydrogen-bond donors (Lipinski definition) is 2. The van der Waals surface area contributed by atoms with Crippen molar-refractivity contribution < 1.29 is 13.2 Å². The molecule has 1 aliphatic rings. The Hall–Kier alpha value is -1.15. The van der Waals surface area contributed by atoms with Gasteiger partial charge in [-0.1, -0.05) is 12.1 Å². The standard InChI is InChI=1S/C13H21N3O3S/c1-16(10-11-4-3-5-13(8-11)19-2)20(17,18)15-12-6-7-14-9-12/h3-5,8,12,14-15H,6-7,9-10H2,1-2H3/t12-/m0/s1. The molecule has 1 aromatic carbocycles. The molecule has 0 aliphatic carbocycles. The van der Waals surface area contributed by atoms with Gasteiger partial charge >= 0.3 is 0 Å². The molecule has 1 aromatic rings. The quantitative estimate of drug-likeness (QED) is 0.794. The molecule has 1 fully saturated rings. The molecular formula is C13H21N3O3S. The maximum absolute atomic E-state index is 12.2. The van der Waals surface area contributed by atoms with E-state index in [0.29, 0.717) is 13.1 Å². The normalized spacial score (nSPS) is 19.4. The van der Waals surface area contributed by atoms with Crippen LogP contribution in [-0.2, 0) is 16.8 Å². The highest BCUT2D eigenvalue weighted by Crippen LogP contribution is 2.15. The number of nitrogens with one attached hydrogen (secondary N) is 2. The third kappa shape index (κ3) is 3.92. The molecule has 112 valence electrons. The molecule has 2 N–H and O–H groups in total. The molecule has 7 heteroatoms. The van der Waals surface area contributed by atoms with Gasteiger partial charge in [0.25, 0.3) is 10.2 Å². The lowest BCUT2D eigenvalue weighted by Crippen LogP contribution is -2.44. The van der Waals surface area contributed by atoms with E-state index in [2.05, 4.69) is 10.0 Å². The largest absolute Gasteiger partial charge is 0.497 e. The molecule has 0 spiro atoms. The molecule has 1 saturated heterocycles. The maximum Gasteiger partial charge on any atom is 0.279 e. The van der Waals surface area contributed by atoms with E-state index < -0.39 is 10.2 Å². The highest BCUT2D eigenvalue weighted by molar-refractivity contribution is 7.87. The molecule has 2 rings (SSSR count). The summed E-state index contributed by atoms with van der Waals surface area (Å²) >= 11 is 0. The highest BCUT2D eigenvalue weighted by Gasteiger charge is 2.24. The Labute approximate surface area is 120 Å². The van der Waals surface area contributed by atoms with Crippen molar-refractivity contribution in [3.8, 4) is 5.75 Å². The summed E-state index contributed by atoms with van der Waals surface area (Å²) in [5.74, 6) is 0.723. The van der Waals surface area contributed by atoms with Gasteiger partial charge in [0.2, 0.25) is 0 Å². The summed E-state index contributed by atoms with van der Waals surface area (Å²) in [5, 5.41) is 3.14. The summed E-state index contributed by atoms with van der Waals surface area (Å²) in [6, 6.07) is 7.38. The van der Waals surface area contributed by atoms with E-state index in [1.54, 1.807) is 14.2 Å². The number of hydrogen-bond acceptors (Lipinski definition) is 4. The second-order valence-corrected chi connectivity index (χ2v) is 6.73. The van der Waals surface area contributed by atoms with E-state index in [-0.39, 0.29) is 6.04 Å². The molecule has 1 heterocycles. The summed E-state index contributed by atoms with van der Waals surface area (Å²) in [6.45, 7) is 1.85. The Morgan fingerprint density at radius 1 is 1.50 bits per heavy atom. The topological polar surface area (TPSA) is 70.7 Å². The minimum Gasteiger partial charge on any atom is -0.497 e. The molecule has 20 heavy (non-hydrogen) atoms. The molecule has 0 unspecified atom stereocenters. The monoisotopic (exact) mass is 299 g/mol. The van der Waals surface area contributed by atoms with Crippen molar-refractivity contribution in [1.29, 1.82) is 0 Å². The first kappa shape index (κ1) is 15.2. The molecule has 0 amide bonds. The molecular weight excluding hydrogens is 278 g/mol. The first-order chi connectivity index (χ1) is 9.51. The molecule has 0 bridgehead atoms. The number of benzene rings is 1. The van der Waals surface area contributed by atoms with Crippen molar-refractivity contribution in [2.75, 3.05) is 27.2 Å². The molecule has 0 saturated carbocycles. The first-order valence-electron chi connectivity index (χ1n) is 6.58. The van der Waals surface area contributed by atoms with Crippen LogP contribution in [0.25, 0.3) is 0 Å². The van der Waals surface area contributed by atoms with Crippen LogP contribution < -0.4 is 14.8 Å². The molecule has 1 aliphatic heterocycles. The van der Waals surface area contributed by atoms with Crippen LogP contribution in [-0.4, -0.2) is 46.0 Å². The van der Waals surface area contributed by atoms with E-state index in [4.69, 9.17) is 4.74 Å². The average molecular weight is 299 g/mol. The number of rotatable bonds is 6. The fourth-order valence-corrected chi connectivity index (χ4v) is 3.29.